The normalized spacial score (nSPS) is 21.4. The molecule has 0 radical (unpaired) electrons. The molecular formula is C14H17FN2O3. The van der Waals surface area contributed by atoms with Gasteiger partial charge in [-0.2, -0.15) is 0 Å². The highest BCUT2D eigenvalue weighted by Gasteiger charge is 2.41. The van der Waals surface area contributed by atoms with Gasteiger partial charge < -0.3 is 20.1 Å². The molecule has 1 aromatic carbocycles. The van der Waals surface area contributed by atoms with Crippen LogP contribution in [0.2, 0.25) is 0 Å². The maximum Gasteiger partial charge on any atom is 0.256 e. The number of halogens is 1. The number of carbonyl (C=O) groups excluding carboxylic acids is 1. The van der Waals surface area contributed by atoms with Gasteiger partial charge in [0.1, 0.15) is 5.82 Å². The van der Waals surface area contributed by atoms with Crippen molar-refractivity contribution < 1.29 is 18.7 Å². The van der Waals surface area contributed by atoms with E-state index in [4.69, 9.17) is 15.2 Å². The molecule has 108 valence electrons. The minimum atomic E-state index is -0.524. The Bertz CT molecular complexity index is 519. The van der Waals surface area contributed by atoms with Gasteiger partial charge in [0.2, 0.25) is 0 Å². The van der Waals surface area contributed by atoms with Crippen LogP contribution in [-0.2, 0) is 9.47 Å². The molecule has 2 saturated heterocycles. The van der Waals surface area contributed by atoms with E-state index in [1.807, 2.05) is 0 Å². The smallest absolute Gasteiger partial charge is 0.256 e. The SMILES string of the molecule is Nc1ccc(F)cc1C(=O)N1CCC2(CC1)OCCO2. The first-order valence-electron chi connectivity index (χ1n) is 6.72. The molecular weight excluding hydrogens is 263 g/mol. The van der Waals surface area contributed by atoms with Crippen molar-refractivity contribution >= 4 is 11.6 Å². The second kappa shape index (κ2) is 5.03. The highest BCUT2D eigenvalue weighted by atomic mass is 19.1. The van der Waals surface area contributed by atoms with Crippen molar-refractivity contribution in [2.24, 2.45) is 0 Å². The number of hydrogen-bond donors (Lipinski definition) is 1. The third-order valence-electron chi connectivity index (χ3n) is 3.87. The van der Waals surface area contributed by atoms with Gasteiger partial charge >= 0.3 is 0 Å². The van der Waals surface area contributed by atoms with E-state index in [1.165, 1.54) is 18.2 Å². The minimum Gasteiger partial charge on any atom is -0.398 e. The standard InChI is InChI=1S/C14H17FN2O3/c15-10-1-2-12(16)11(9-10)13(18)17-5-3-14(4-6-17)19-7-8-20-14/h1-2,9H,3-8,16H2. The average molecular weight is 280 g/mol. The first kappa shape index (κ1) is 13.3. The maximum atomic E-state index is 13.2. The second-order valence-corrected chi connectivity index (χ2v) is 5.13. The molecule has 6 heteroatoms. The number of piperidine rings is 1. The topological polar surface area (TPSA) is 64.8 Å². The van der Waals surface area contributed by atoms with Crippen molar-refractivity contribution in [3.05, 3.63) is 29.6 Å². The first-order valence-corrected chi connectivity index (χ1v) is 6.72. The summed E-state index contributed by atoms with van der Waals surface area (Å²) >= 11 is 0. The van der Waals surface area contributed by atoms with Crippen molar-refractivity contribution in [1.29, 1.82) is 0 Å². The van der Waals surface area contributed by atoms with Crippen molar-refractivity contribution in [3.63, 3.8) is 0 Å². The van der Waals surface area contributed by atoms with Gasteiger partial charge in [0.25, 0.3) is 5.91 Å². The Balaban J connectivity index is 1.71. The number of hydrogen-bond acceptors (Lipinski definition) is 4. The van der Waals surface area contributed by atoms with Gasteiger partial charge in [-0.05, 0) is 18.2 Å². The fraction of sp³-hybridized carbons (Fsp3) is 0.500. The molecule has 0 aliphatic carbocycles. The van der Waals surface area contributed by atoms with Gasteiger partial charge in [-0.15, -0.1) is 0 Å². The predicted octanol–water partition coefficient (Wildman–Crippen LogP) is 1.39. The molecule has 5 nitrogen and oxygen atoms in total. The van der Waals surface area contributed by atoms with Gasteiger partial charge in [-0.3, -0.25) is 4.79 Å². The van der Waals surface area contributed by atoms with Crippen LogP contribution in [0.5, 0.6) is 0 Å². The van der Waals surface area contributed by atoms with E-state index in [0.29, 0.717) is 44.8 Å². The zero-order valence-corrected chi connectivity index (χ0v) is 11.1. The number of amides is 1. The van der Waals surface area contributed by atoms with E-state index in [-0.39, 0.29) is 11.5 Å². The lowest BCUT2D eigenvalue weighted by Gasteiger charge is -2.37. The largest absolute Gasteiger partial charge is 0.398 e. The molecule has 0 unspecified atom stereocenters. The van der Waals surface area contributed by atoms with Crippen LogP contribution in [-0.4, -0.2) is 42.9 Å². The van der Waals surface area contributed by atoms with E-state index in [0.717, 1.165) is 0 Å². The first-order chi connectivity index (χ1) is 9.60. The number of nitrogens with two attached hydrogens (primary N) is 1. The van der Waals surface area contributed by atoms with Gasteiger partial charge in [0, 0.05) is 31.6 Å². The van der Waals surface area contributed by atoms with Gasteiger partial charge in [-0.1, -0.05) is 0 Å². The third kappa shape index (κ3) is 2.36. The molecule has 2 aliphatic heterocycles. The molecule has 1 amide bonds. The monoisotopic (exact) mass is 280 g/mol. The Morgan fingerprint density at radius 1 is 1.25 bits per heavy atom. The second-order valence-electron chi connectivity index (χ2n) is 5.13. The van der Waals surface area contributed by atoms with Crippen LogP contribution in [0.3, 0.4) is 0 Å². The Kier molecular flexibility index (Phi) is 3.35. The molecule has 2 heterocycles. The van der Waals surface area contributed by atoms with Gasteiger partial charge in [-0.25, -0.2) is 4.39 Å². The summed E-state index contributed by atoms with van der Waals surface area (Å²) in [7, 11) is 0. The Hall–Kier alpha value is -1.66. The summed E-state index contributed by atoms with van der Waals surface area (Å²) in [5, 5.41) is 0. The van der Waals surface area contributed by atoms with Crippen LogP contribution < -0.4 is 5.73 Å². The number of nitrogens with zero attached hydrogens (tertiary/aromatic N) is 1. The molecule has 0 saturated carbocycles. The number of ether oxygens (including phenoxy) is 2. The predicted molar refractivity (Wildman–Crippen MR) is 70.6 cm³/mol. The van der Waals surface area contributed by atoms with Gasteiger partial charge in [0.05, 0.1) is 18.8 Å². The number of anilines is 1. The van der Waals surface area contributed by atoms with Crippen molar-refractivity contribution in [3.8, 4) is 0 Å². The van der Waals surface area contributed by atoms with Crippen LogP contribution in [0.4, 0.5) is 10.1 Å². The summed E-state index contributed by atoms with van der Waals surface area (Å²) in [6.07, 6.45) is 1.27. The highest BCUT2D eigenvalue weighted by molar-refractivity contribution is 5.99. The fourth-order valence-corrected chi connectivity index (χ4v) is 2.72. The van der Waals surface area contributed by atoms with Crippen molar-refractivity contribution in [1.82, 2.24) is 4.90 Å². The summed E-state index contributed by atoms with van der Waals surface area (Å²) in [5.74, 6) is -1.22. The summed E-state index contributed by atoms with van der Waals surface area (Å²) in [6.45, 7) is 2.25. The van der Waals surface area contributed by atoms with Crippen molar-refractivity contribution in [2.45, 2.75) is 18.6 Å². The summed E-state index contributed by atoms with van der Waals surface area (Å²) < 4.78 is 24.5. The lowest BCUT2D eigenvalue weighted by Crippen LogP contribution is -2.47. The Morgan fingerprint density at radius 3 is 2.55 bits per heavy atom. The number of benzene rings is 1. The zero-order valence-electron chi connectivity index (χ0n) is 11.1. The summed E-state index contributed by atoms with van der Waals surface area (Å²) in [6, 6.07) is 3.85. The maximum absolute atomic E-state index is 13.2. The quantitative estimate of drug-likeness (QED) is 0.789. The number of nitrogen functional groups attached to an aromatic ring is 1. The summed E-state index contributed by atoms with van der Waals surface area (Å²) in [5.41, 5.74) is 6.26. The molecule has 20 heavy (non-hydrogen) atoms. The van der Waals surface area contributed by atoms with Crippen LogP contribution in [0.1, 0.15) is 23.2 Å². The molecule has 1 aromatic rings. The van der Waals surface area contributed by atoms with Crippen LogP contribution >= 0.6 is 0 Å². The fourth-order valence-electron chi connectivity index (χ4n) is 2.72. The molecule has 1 spiro atoms. The van der Waals surface area contributed by atoms with Crippen molar-refractivity contribution in [2.75, 3.05) is 32.0 Å². The number of carbonyl (C=O) groups is 1. The molecule has 2 aliphatic rings. The van der Waals surface area contributed by atoms with Gasteiger partial charge in [0.15, 0.2) is 5.79 Å². The molecule has 3 rings (SSSR count). The van der Waals surface area contributed by atoms with E-state index < -0.39 is 11.6 Å². The van der Waals surface area contributed by atoms with E-state index in [1.54, 1.807) is 4.90 Å². The number of rotatable bonds is 1. The van der Waals surface area contributed by atoms with Crippen LogP contribution in [0.15, 0.2) is 18.2 Å². The zero-order chi connectivity index (χ0) is 14.2. The minimum absolute atomic E-state index is 0.217. The van der Waals surface area contributed by atoms with Crippen LogP contribution in [0.25, 0.3) is 0 Å². The molecule has 2 fully saturated rings. The van der Waals surface area contributed by atoms with E-state index in [2.05, 4.69) is 0 Å². The Labute approximate surface area is 116 Å². The molecule has 0 aromatic heterocycles. The average Bonchev–Trinajstić information content (AvgIpc) is 2.90. The molecule has 0 atom stereocenters. The Morgan fingerprint density at radius 2 is 1.90 bits per heavy atom. The molecule has 2 N–H and O–H groups in total. The molecule has 0 bridgehead atoms. The third-order valence-corrected chi connectivity index (χ3v) is 3.87. The highest BCUT2D eigenvalue weighted by Crippen LogP contribution is 2.32. The number of likely N-dealkylation sites (tertiary alicyclic amines) is 1. The lowest BCUT2D eigenvalue weighted by atomic mass is 10.0. The van der Waals surface area contributed by atoms with E-state index >= 15 is 0 Å². The summed E-state index contributed by atoms with van der Waals surface area (Å²) in [4.78, 5) is 14.0. The van der Waals surface area contributed by atoms with Crippen LogP contribution in [0, 0.1) is 5.82 Å². The van der Waals surface area contributed by atoms with E-state index in [9.17, 15) is 9.18 Å². The lowest BCUT2D eigenvalue weighted by molar-refractivity contribution is -0.181.